The van der Waals surface area contributed by atoms with Crippen LogP contribution in [0.15, 0.2) is 17.8 Å². The molecule has 0 radical (unpaired) electrons. The standard InChI is InChI=1S/C11H13N3S2/c1-15-11(3-4-11)6-12-9-8-2-5-16-10(8)14-7-13-9/h2,5,7H,3-4,6H2,1H3,(H,12,13,14). The Labute approximate surface area is 103 Å². The lowest BCUT2D eigenvalue weighted by atomic mass is 10.3. The van der Waals surface area contributed by atoms with Crippen molar-refractivity contribution in [1.29, 1.82) is 0 Å². The zero-order valence-corrected chi connectivity index (χ0v) is 10.7. The van der Waals surface area contributed by atoms with Gasteiger partial charge in [-0.25, -0.2) is 9.97 Å². The van der Waals surface area contributed by atoms with Crippen LogP contribution in [0.5, 0.6) is 0 Å². The number of aromatic nitrogens is 2. The quantitative estimate of drug-likeness (QED) is 0.906. The predicted octanol–water partition coefficient (Wildman–Crippen LogP) is 3.00. The SMILES string of the molecule is CSC1(CNc2ncnc3sccc23)CC1. The summed E-state index contributed by atoms with van der Waals surface area (Å²) in [5, 5.41) is 6.67. The monoisotopic (exact) mass is 251 g/mol. The molecule has 0 unspecified atom stereocenters. The van der Waals surface area contributed by atoms with Crippen molar-refractivity contribution in [2.45, 2.75) is 17.6 Å². The number of anilines is 1. The van der Waals surface area contributed by atoms with E-state index in [0.717, 1.165) is 22.6 Å². The third kappa shape index (κ3) is 1.78. The van der Waals surface area contributed by atoms with Gasteiger partial charge < -0.3 is 5.32 Å². The van der Waals surface area contributed by atoms with Gasteiger partial charge in [0, 0.05) is 11.3 Å². The maximum absolute atomic E-state index is 4.32. The average Bonchev–Trinajstić information content (AvgIpc) is 2.94. The van der Waals surface area contributed by atoms with Gasteiger partial charge in [-0.1, -0.05) is 0 Å². The third-order valence-electron chi connectivity index (χ3n) is 3.08. The van der Waals surface area contributed by atoms with Gasteiger partial charge in [-0.2, -0.15) is 11.8 Å². The van der Waals surface area contributed by atoms with Crippen LogP contribution in [0.4, 0.5) is 5.82 Å². The molecule has 1 N–H and O–H groups in total. The number of rotatable bonds is 4. The number of fused-ring (bicyclic) bond motifs is 1. The normalized spacial score (nSPS) is 17.6. The van der Waals surface area contributed by atoms with Gasteiger partial charge in [-0.05, 0) is 30.5 Å². The Hall–Kier alpha value is -0.810. The van der Waals surface area contributed by atoms with Crippen LogP contribution in [0, 0.1) is 0 Å². The lowest BCUT2D eigenvalue weighted by molar-refractivity contribution is 0.941. The summed E-state index contributed by atoms with van der Waals surface area (Å²) in [5.41, 5.74) is 0. The van der Waals surface area contributed by atoms with Crippen LogP contribution < -0.4 is 5.32 Å². The number of thiophene rings is 1. The minimum absolute atomic E-state index is 0.466. The van der Waals surface area contributed by atoms with E-state index >= 15 is 0 Å². The Morgan fingerprint density at radius 3 is 3.12 bits per heavy atom. The molecule has 0 atom stereocenters. The zero-order valence-electron chi connectivity index (χ0n) is 9.06. The van der Waals surface area contributed by atoms with Crippen molar-refractivity contribution in [3.8, 4) is 0 Å². The van der Waals surface area contributed by atoms with E-state index in [1.54, 1.807) is 17.7 Å². The van der Waals surface area contributed by atoms with Gasteiger partial charge in [0.25, 0.3) is 0 Å². The van der Waals surface area contributed by atoms with Crippen LogP contribution in [-0.2, 0) is 0 Å². The fourth-order valence-electron chi connectivity index (χ4n) is 1.77. The second-order valence-electron chi connectivity index (χ2n) is 4.10. The van der Waals surface area contributed by atoms with Gasteiger partial charge in [0.05, 0.1) is 5.39 Å². The molecule has 2 aromatic heterocycles. The molecule has 3 nitrogen and oxygen atoms in total. The maximum Gasteiger partial charge on any atom is 0.138 e. The van der Waals surface area contributed by atoms with Crippen LogP contribution in [0.2, 0.25) is 0 Å². The van der Waals surface area contributed by atoms with Gasteiger partial charge in [0.2, 0.25) is 0 Å². The number of hydrogen-bond donors (Lipinski definition) is 1. The van der Waals surface area contributed by atoms with Crippen molar-refractivity contribution in [3.63, 3.8) is 0 Å². The van der Waals surface area contributed by atoms with Gasteiger partial charge >= 0.3 is 0 Å². The summed E-state index contributed by atoms with van der Waals surface area (Å²) in [6.07, 6.45) is 6.47. The Bertz CT molecular complexity index is 505. The Morgan fingerprint density at radius 2 is 2.38 bits per heavy atom. The topological polar surface area (TPSA) is 37.8 Å². The first-order valence-corrected chi connectivity index (χ1v) is 7.41. The zero-order chi connectivity index (χ0) is 11.0. The van der Waals surface area contributed by atoms with Crippen molar-refractivity contribution in [3.05, 3.63) is 17.8 Å². The Morgan fingerprint density at radius 1 is 1.50 bits per heavy atom. The molecule has 0 bridgehead atoms. The fraction of sp³-hybridized carbons (Fsp3) is 0.455. The lowest BCUT2D eigenvalue weighted by Gasteiger charge is -2.13. The molecular weight excluding hydrogens is 238 g/mol. The summed E-state index contributed by atoms with van der Waals surface area (Å²) < 4.78 is 0.466. The predicted molar refractivity (Wildman–Crippen MR) is 71.4 cm³/mol. The summed E-state index contributed by atoms with van der Waals surface area (Å²) in [7, 11) is 0. The summed E-state index contributed by atoms with van der Waals surface area (Å²) >= 11 is 3.62. The molecule has 2 heterocycles. The molecule has 16 heavy (non-hydrogen) atoms. The van der Waals surface area contributed by atoms with E-state index in [0.29, 0.717) is 4.75 Å². The number of hydrogen-bond acceptors (Lipinski definition) is 5. The van der Waals surface area contributed by atoms with Crippen molar-refractivity contribution in [2.24, 2.45) is 0 Å². The molecular formula is C11H13N3S2. The summed E-state index contributed by atoms with van der Waals surface area (Å²) in [6, 6.07) is 2.08. The van der Waals surface area contributed by atoms with E-state index in [1.807, 2.05) is 11.8 Å². The van der Waals surface area contributed by atoms with E-state index in [-0.39, 0.29) is 0 Å². The van der Waals surface area contributed by atoms with Gasteiger partial charge in [-0.15, -0.1) is 11.3 Å². The first-order valence-electron chi connectivity index (χ1n) is 5.30. The minimum Gasteiger partial charge on any atom is -0.368 e. The van der Waals surface area contributed by atoms with Crippen molar-refractivity contribution >= 4 is 39.1 Å². The van der Waals surface area contributed by atoms with E-state index in [2.05, 4.69) is 33.0 Å². The second-order valence-corrected chi connectivity index (χ2v) is 6.27. The molecule has 5 heteroatoms. The lowest BCUT2D eigenvalue weighted by Crippen LogP contribution is -2.18. The fourth-order valence-corrected chi connectivity index (χ4v) is 3.23. The molecule has 1 fully saturated rings. The highest BCUT2D eigenvalue weighted by molar-refractivity contribution is 8.00. The van der Waals surface area contributed by atoms with Crippen LogP contribution in [0.1, 0.15) is 12.8 Å². The Kier molecular flexibility index (Phi) is 2.52. The Balaban J connectivity index is 1.81. The highest BCUT2D eigenvalue weighted by Gasteiger charge is 2.41. The van der Waals surface area contributed by atoms with Crippen molar-refractivity contribution < 1.29 is 0 Å². The molecule has 0 aliphatic heterocycles. The van der Waals surface area contributed by atoms with E-state index < -0.39 is 0 Å². The summed E-state index contributed by atoms with van der Waals surface area (Å²) in [5.74, 6) is 0.978. The van der Waals surface area contributed by atoms with Crippen molar-refractivity contribution in [1.82, 2.24) is 9.97 Å². The molecule has 84 valence electrons. The van der Waals surface area contributed by atoms with E-state index in [9.17, 15) is 0 Å². The number of nitrogens with zero attached hydrogens (tertiary/aromatic N) is 2. The van der Waals surface area contributed by atoms with E-state index in [4.69, 9.17) is 0 Å². The largest absolute Gasteiger partial charge is 0.368 e. The van der Waals surface area contributed by atoms with Gasteiger partial charge in [-0.3, -0.25) is 0 Å². The first kappa shape index (κ1) is 10.4. The molecule has 3 rings (SSSR count). The summed E-state index contributed by atoms with van der Waals surface area (Å²) in [4.78, 5) is 9.63. The van der Waals surface area contributed by atoms with Crippen LogP contribution in [0.3, 0.4) is 0 Å². The molecule has 0 saturated heterocycles. The third-order valence-corrected chi connectivity index (χ3v) is 5.32. The molecule has 0 aromatic carbocycles. The van der Waals surface area contributed by atoms with Crippen molar-refractivity contribution in [2.75, 3.05) is 18.1 Å². The molecule has 1 saturated carbocycles. The van der Waals surface area contributed by atoms with Gasteiger partial charge in [0.1, 0.15) is 17.0 Å². The maximum atomic E-state index is 4.32. The highest BCUT2D eigenvalue weighted by atomic mass is 32.2. The molecule has 2 aromatic rings. The van der Waals surface area contributed by atoms with E-state index in [1.165, 1.54) is 12.8 Å². The number of nitrogens with one attached hydrogen (secondary N) is 1. The average molecular weight is 251 g/mol. The number of thioether (sulfide) groups is 1. The van der Waals surface area contributed by atoms with Crippen LogP contribution in [0.25, 0.3) is 10.2 Å². The molecule has 0 spiro atoms. The summed E-state index contributed by atoms with van der Waals surface area (Å²) in [6.45, 7) is 1.01. The second kappa shape index (κ2) is 3.89. The first-order chi connectivity index (χ1) is 7.83. The van der Waals surface area contributed by atoms with Gasteiger partial charge in [0.15, 0.2) is 0 Å². The molecule has 1 aliphatic rings. The molecule has 1 aliphatic carbocycles. The highest BCUT2D eigenvalue weighted by Crippen LogP contribution is 2.47. The smallest absolute Gasteiger partial charge is 0.138 e. The van der Waals surface area contributed by atoms with Crippen LogP contribution >= 0.6 is 23.1 Å². The minimum atomic E-state index is 0.466. The molecule has 0 amide bonds. The van der Waals surface area contributed by atoms with Crippen LogP contribution in [-0.4, -0.2) is 27.5 Å².